The lowest BCUT2D eigenvalue weighted by Gasteiger charge is -2.27. The fraction of sp³-hybridized carbons (Fsp3) is 0.353. The molecule has 0 spiro atoms. The molecule has 9 heteroatoms. The molecule has 0 aromatic heterocycles. The zero-order chi connectivity index (χ0) is 18.6. The molecule has 0 unspecified atom stereocenters. The van der Waals surface area contributed by atoms with Gasteiger partial charge in [0.15, 0.2) is 0 Å². The minimum atomic E-state index is -1.22. The van der Waals surface area contributed by atoms with Crippen molar-refractivity contribution in [3.8, 4) is 0 Å². The molecule has 26 heavy (non-hydrogen) atoms. The summed E-state index contributed by atoms with van der Waals surface area (Å²) in [5, 5.41) is 11.3. The molecule has 134 valence electrons. The van der Waals surface area contributed by atoms with Crippen molar-refractivity contribution in [3.63, 3.8) is 0 Å². The van der Waals surface area contributed by atoms with Gasteiger partial charge in [-0.1, -0.05) is 18.2 Å². The molecule has 0 aliphatic carbocycles. The average molecular weight is 358 g/mol. The predicted octanol–water partition coefficient (Wildman–Crippen LogP) is 0.971. The van der Waals surface area contributed by atoms with E-state index in [9.17, 15) is 24.5 Å². The van der Waals surface area contributed by atoms with Gasteiger partial charge in [-0.3, -0.25) is 24.5 Å². The number of carbonyl (C=O) groups excluding carboxylic acids is 3. The number of fused-ring (bicyclic) bond motifs is 5. The van der Waals surface area contributed by atoms with Gasteiger partial charge in [0.05, 0.1) is 22.9 Å². The molecule has 1 aromatic carbocycles. The number of amides is 2. The number of anilines is 1. The SMILES string of the molecule is CC(=O)OC[C@]12C=C[C@@H](O1)[C@@H]1C(=O)N(c3ccccc3[N+](=O)[O-])C(=O)[C@@H]12. The minimum Gasteiger partial charge on any atom is -0.462 e. The van der Waals surface area contributed by atoms with Crippen LogP contribution in [0.1, 0.15) is 6.92 Å². The van der Waals surface area contributed by atoms with Crippen molar-refractivity contribution in [3.05, 3.63) is 46.5 Å². The topological polar surface area (TPSA) is 116 Å². The van der Waals surface area contributed by atoms with Gasteiger partial charge in [0.25, 0.3) is 5.69 Å². The minimum absolute atomic E-state index is 0.0658. The Morgan fingerprint density at radius 2 is 2.08 bits per heavy atom. The van der Waals surface area contributed by atoms with Crippen molar-refractivity contribution >= 4 is 29.2 Å². The standard InChI is InChI=1S/C17H14N2O7/c1-9(20)25-8-17-7-6-12(26-17)13-14(17)16(22)18(15(13)21)10-4-2-3-5-11(10)19(23)24/h2-7,12-14H,8H2,1H3/t12-,13+,14-,17+/m1/s1. The Morgan fingerprint density at radius 1 is 1.35 bits per heavy atom. The van der Waals surface area contributed by atoms with Crippen LogP contribution in [0.2, 0.25) is 0 Å². The fourth-order valence-electron chi connectivity index (χ4n) is 3.93. The quantitative estimate of drug-likeness (QED) is 0.259. The largest absolute Gasteiger partial charge is 0.462 e. The maximum absolute atomic E-state index is 13.0. The number of ether oxygens (including phenoxy) is 2. The highest BCUT2D eigenvalue weighted by Gasteiger charge is 2.68. The summed E-state index contributed by atoms with van der Waals surface area (Å²) in [4.78, 5) is 48.6. The first-order chi connectivity index (χ1) is 12.4. The molecule has 0 radical (unpaired) electrons. The Morgan fingerprint density at radius 3 is 2.77 bits per heavy atom. The van der Waals surface area contributed by atoms with E-state index in [-0.39, 0.29) is 18.0 Å². The van der Waals surface area contributed by atoms with E-state index in [1.54, 1.807) is 12.2 Å². The number of esters is 1. The van der Waals surface area contributed by atoms with Crippen molar-refractivity contribution in [1.82, 2.24) is 0 Å². The second kappa shape index (κ2) is 5.46. The highest BCUT2D eigenvalue weighted by atomic mass is 16.6. The molecular formula is C17H14N2O7. The monoisotopic (exact) mass is 358 g/mol. The van der Waals surface area contributed by atoms with E-state index in [1.807, 2.05) is 0 Å². The summed E-state index contributed by atoms with van der Waals surface area (Å²) in [6.07, 6.45) is 2.67. The van der Waals surface area contributed by atoms with Crippen LogP contribution in [0.4, 0.5) is 11.4 Å². The van der Waals surface area contributed by atoms with Gasteiger partial charge in [-0.05, 0) is 12.1 Å². The maximum atomic E-state index is 13.0. The molecule has 4 rings (SSSR count). The second-order valence-electron chi connectivity index (χ2n) is 6.44. The lowest BCUT2D eigenvalue weighted by Crippen LogP contribution is -2.44. The Bertz CT molecular complexity index is 880. The van der Waals surface area contributed by atoms with Crippen LogP contribution in [0, 0.1) is 22.0 Å². The van der Waals surface area contributed by atoms with Crippen LogP contribution in [-0.4, -0.2) is 41.0 Å². The van der Waals surface area contributed by atoms with Gasteiger partial charge in [-0.15, -0.1) is 0 Å². The summed E-state index contributed by atoms with van der Waals surface area (Å²) in [6, 6.07) is 5.59. The predicted molar refractivity (Wildman–Crippen MR) is 85.9 cm³/mol. The smallest absolute Gasteiger partial charge is 0.302 e. The molecule has 4 atom stereocenters. The van der Waals surface area contributed by atoms with Crippen LogP contribution in [0.3, 0.4) is 0 Å². The number of carbonyl (C=O) groups is 3. The van der Waals surface area contributed by atoms with E-state index in [0.29, 0.717) is 0 Å². The Kier molecular flexibility index (Phi) is 3.45. The normalized spacial score (nSPS) is 31.4. The molecule has 0 N–H and O–H groups in total. The summed E-state index contributed by atoms with van der Waals surface area (Å²) in [6.45, 7) is 1.04. The number of benzene rings is 1. The molecule has 2 bridgehead atoms. The first kappa shape index (κ1) is 16.4. The Balaban J connectivity index is 1.74. The molecule has 3 heterocycles. The van der Waals surface area contributed by atoms with E-state index in [2.05, 4.69) is 0 Å². The Labute approximate surface area is 147 Å². The summed E-state index contributed by atoms with van der Waals surface area (Å²) in [5.74, 6) is -3.34. The zero-order valence-electron chi connectivity index (χ0n) is 13.7. The van der Waals surface area contributed by atoms with Gasteiger partial charge < -0.3 is 9.47 Å². The number of imide groups is 1. The lowest BCUT2D eigenvalue weighted by atomic mass is 9.77. The highest BCUT2D eigenvalue weighted by molar-refractivity contribution is 6.24. The van der Waals surface area contributed by atoms with E-state index >= 15 is 0 Å². The molecule has 2 saturated heterocycles. The summed E-state index contributed by atoms with van der Waals surface area (Å²) in [5.41, 5.74) is -1.61. The molecule has 0 saturated carbocycles. The molecule has 9 nitrogen and oxygen atoms in total. The number of hydrogen-bond donors (Lipinski definition) is 0. The second-order valence-corrected chi connectivity index (χ2v) is 6.44. The summed E-state index contributed by atoms with van der Waals surface area (Å²) < 4.78 is 10.8. The lowest BCUT2D eigenvalue weighted by molar-refractivity contribution is -0.384. The van der Waals surface area contributed by atoms with Crippen LogP contribution in [0.15, 0.2) is 36.4 Å². The van der Waals surface area contributed by atoms with Gasteiger partial charge in [-0.2, -0.15) is 0 Å². The summed E-state index contributed by atoms with van der Waals surface area (Å²) >= 11 is 0. The van der Waals surface area contributed by atoms with E-state index < -0.39 is 46.2 Å². The van der Waals surface area contributed by atoms with Crippen LogP contribution < -0.4 is 4.90 Å². The molecule has 3 aliphatic rings. The van der Waals surface area contributed by atoms with E-state index in [0.717, 1.165) is 4.90 Å². The van der Waals surface area contributed by atoms with Crippen molar-refractivity contribution < 1.29 is 28.8 Å². The van der Waals surface area contributed by atoms with Crippen molar-refractivity contribution in [2.75, 3.05) is 11.5 Å². The van der Waals surface area contributed by atoms with Gasteiger partial charge in [0, 0.05) is 13.0 Å². The number of rotatable bonds is 4. The van der Waals surface area contributed by atoms with Gasteiger partial charge in [0.1, 0.15) is 17.9 Å². The number of hydrogen-bond acceptors (Lipinski definition) is 7. The molecular weight excluding hydrogens is 344 g/mol. The van der Waals surface area contributed by atoms with E-state index in [1.165, 1.54) is 31.2 Å². The summed E-state index contributed by atoms with van der Waals surface area (Å²) in [7, 11) is 0. The average Bonchev–Trinajstić information content (AvgIpc) is 3.24. The van der Waals surface area contributed by atoms with Crippen molar-refractivity contribution in [2.45, 2.75) is 18.6 Å². The molecule has 2 amide bonds. The van der Waals surface area contributed by atoms with Crippen LogP contribution >= 0.6 is 0 Å². The third-order valence-corrected chi connectivity index (χ3v) is 4.98. The van der Waals surface area contributed by atoms with Crippen LogP contribution in [-0.2, 0) is 23.9 Å². The Hall–Kier alpha value is -3.07. The number of nitro benzene ring substituents is 1. The van der Waals surface area contributed by atoms with E-state index in [4.69, 9.17) is 9.47 Å². The first-order valence-corrected chi connectivity index (χ1v) is 7.97. The fourth-order valence-corrected chi connectivity index (χ4v) is 3.93. The van der Waals surface area contributed by atoms with Gasteiger partial charge in [0.2, 0.25) is 11.8 Å². The number of nitrogens with zero attached hydrogens (tertiary/aromatic N) is 2. The first-order valence-electron chi connectivity index (χ1n) is 7.97. The molecule has 3 aliphatic heterocycles. The molecule has 2 fully saturated rings. The third-order valence-electron chi connectivity index (χ3n) is 4.98. The molecule has 1 aromatic rings. The van der Waals surface area contributed by atoms with Crippen LogP contribution in [0.25, 0.3) is 0 Å². The van der Waals surface area contributed by atoms with Gasteiger partial charge >= 0.3 is 5.97 Å². The van der Waals surface area contributed by atoms with Crippen molar-refractivity contribution in [2.24, 2.45) is 11.8 Å². The van der Waals surface area contributed by atoms with Gasteiger partial charge in [-0.25, -0.2) is 4.90 Å². The van der Waals surface area contributed by atoms with Crippen molar-refractivity contribution in [1.29, 1.82) is 0 Å². The third kappa shape index (κ3) is 2.10. The highest BCUT2D eigenvalue weighted by Crippen LogP contribution is 2.53. The zero-order valence-corrected chi connectivity index (χ0v) is 13.7. The van der Waals surface area contributed by atoms with Crippen LogP contribution in [0.5, 0.6) is 0 Å². The number of para-hydroxylation sites is 2. The maximum Gasteiger partial charge on any atom is 0.302 e. The number of nitro groups is 1.